The van der Waals surface area contributed by atoms with E-state index in [0.717, 1.165) is 34.7 Å². The van der Waals surface area contributed by atoms with Crippen molar-refractivity contribution >= 4 is 23.2 Å². The molecule has 3 N–H and O–H groups in total. The van der Waals surface area contributed by atoms with Gasteiger partial charge >= 0.3 is 0 Å². The normalized spacial score (nSPS) is 16.1. The number of carbonyl (C=O) groups excluding carboxylic acids is 2. The summed E-state index contributed by atoms with van der Waals surface area (Å²) >= 11 is 1.57. The topological polar surface area (TPSA) is 104 Å². The van der Waals surface area contributed by atoms with Crippen molar-refractivity contribution in [3.63, 3.8) is 0 Å². The van der Waals surface area contributed by atoms with Crippen LogP contribution >= 0.6 is 11.3 Å². The van der Waals surface area contributed by atoms with Crippen LogP contribution in [0.3, 0.4) is 0 Å². The van der Waals surface area contributed by atoms with E-state index in [4.69, 9.17) is 4.74 Å². The monoisotopic (exact) mass is 654 g/mol. The van der Waals surface area contributed by atoms with Crippen molar-refractivity contribution in [2.45, 2.75) is 77.1 Å². The molecule has 0 saturated carbocycles. The van der Waals surface area contributed by atoms with E-state index in [0.29, 0.717) is 36.4 Å². The van der Waals surface area contributed by atoms with Gasteiger partial charge < -0.3 is 25.4 Å². The summed E-state index contributed by atoms with van der Waals surface area (Å²) in [5.41, 5.74) is 5.05. The summed E-state index contributed by atoms with van der Waals surface area (Å²) in [6, 6.07) is 22.5. The molecule has 0 aliphatic carbocycles. The van der Waals surface area contributed by atoms with Gasteiger partial charge in [-0.3, -0.25) is 9.59 Å². The fourth-order valence-corrected chi connectivity index (χ4v) is 6.93. The first-order valence-corrected chi connectivity index (χ1v) is 17.1. The molecule has 8 nitrogen and oxygen atoms in total. The summed E-state index contributed by atoms with van der Waals surface area (Å²) in [4.78, 5) is 34.1. The summed E-state index contributed by atoms with van der Waals surface area (Å²) in [5.74, 6) is -0.126. The lowest BCUT2D eigenvalue weighted by Gasteiger charge is -2.26. The predicted octanol–water partition coefficient (Wildman–Crippen LogP) is 6.23. The Hall–Kier alpha value is -4.05. The molecule has 1 aliphatic rings. The van der Waals surface area contributed by atoms with Gasteiger partial charge in [-0.15, -0.1) is 11.3 Å². The van der Waals surface area contributed by atoms with Crippen LogP contribution in [-0.2, 0) is 18.4 Å². The molecular weight excluding hydrogens is 609 g/mol. The van der Waals surface area contributed by atoms with Gasteiger partial charge in [-0.1, -0.05) is 75.4 Å². The molecule has 2 amide bonds. The summed E-state index contributed by atoms with van der Waals surface area (Å²) in [5, 5.41) is 20.8. The molecule has 4 aromatic rings. The van der Waals surface area contributed by atoms with E-state index in [2.05, 4.69) is 60.7 Å². The van der Waals surface area contributed by atoms with Gasteiger partial charge in [-0.05, 0) is 66.5 Å². The predicted molar refractivity (Wildman–Crippen MR) is 187 cm³/mol. The van der Waals surface area contributed by atoms with Gasteiger partial charge in [0.05, 0.1) is 25.3 Å². The number of aryl methyl sites for hydroxylation is 1. The number of thiazole rings is 1. The van der Waals surface area contributed by atoms with Crippen LogP contribution in [0.5, 0.6) is 5.75 Å². The molecule has 3 unspecified atom stereocenters. The number of ether oxygens (including phenoxy) is 1. The number of likely N-dealkylation sites (tertiary alicyclic amines) is 1. The minimum atomic E-state index is -0.872. The Labute approximate surface area is 282 Å². The summed E-state index contributed by atoms with van der Waals surface area (Å²) in [6.07, 6.45) is 1.31. The van der Waals surface area contributed by atoms with Gasteiger partial charge in [0, 0.05) is 41.8 Å². The highest BCUT2D eigenvalue weighted by atomic mass is 32.1. The fourth-order valence-electron chi connectivity index (χ4n) is 5.99. The van der Waals surface area contributed by atoms with E-state index in [9.17, 15) is 14.7 Å². The molecule has 9 heteroatoms. The highest BCUT2D eigenvalue weighted by Gasteiger charge is 2.33. The van der Waals surface area contributed by atoms with Crippen molar-refractivity contribution in [3.8, 4) is 5.75 Å². The largest absolute Gasteiger partial charge is 0.497 e. The number of hydrogen-bond donors (Lipinski definition) is 3. The third-order valence-corrected chi connectivity index (χ3v) is 9.71. The molecular formula is C38H46N4O4S. The Bertz CT molecular complexity index is 1670. The Morgan fingerprint density at radius 3 is 2.49 bits per heavy atom. The third-order valence-electron chi connectivity index (χ3n) is 8.64. The highest BCUT2D eigenvalue weighted by Crippen LogP contribution is 2.35. The van der Waals surface area contributed by atoms with E-state index < -0.39 is 12.1 Å². The zero-order valence-electron chi connectivity index (χ0n) is 28.0. The van der Waals surface area contributed by atoms with Gasteiger partial charge in [0.25, 0.3) is 11.8 Å². The number of benzene rings is 3. The molecule has 0 spiro atoms. The van der Waals surface area contributed by atoms with Gasteiger partial charge in [0.2, 0.25) is 0 Å². The maximum Gasteiger partial charge on any atom is 0.254 e. The number of nitrogens with zero attached hydrogens (tertiary/aromatic N) is 2. The molecule has 47 heavy (non-hydrogen) atoms. The van der Waals surface area contributed by atoms with E-state index in [-0.39, 0.29) is 29.8 Å². The van der Waals surface area contributed by atoms with Crippen LogP contribution in [0.15, 0.2) is 78.2 Å². The molecule has 0 radical (unpaired) electrons. The Balaban J connectivity index is 1.31. The molecule has 1 fully saturated rings. The highest BCUT2D eigenvalue weighted by molar-refractivity contribution is 7.09. The first kappa shape index (κ1) is 34.3. The number of amides is 2. The van der Waals surface area contributed by atoms with Crippen LogP contribution in [0.2, 0.25) is 0 Å². The Kier molecular flexibility index (Phi) is 11.1. The minimum absolute atomic E-state index is 0.0434. The van der Waals surface area contributed by atoms with E-state index in [1.165, 1.54) is 12.7 Å². The molecule has 1 aromatic heterocycles. The number of carbonyl (C=O) groups is 2. The number of aromatic nitrogens is 1. The summed E-state index contributed by atoms with van der Waals surface area (Å²) < 4.78 is 5.53. The van der Waals surface area contributed by atoms with Gasteiger partial charge in [-0.25, -0.2) is 4.98 Å². The van der Waals surface area contributed by atoms with Crippen LogP contribution < -0.4 is 15.4 Å². The lowest BCUT2D eigenvalue weighted by molar-refractivity contribution is 0.0735. The molecule has 248 valence electrons. The second kappa shape index (κ2) is 15.2. The molecule has 3 aromatic carbocycles. The average molecular weight is 655 g/mol. The van der Waals surface area contributed by atoms with Gasteiger partial charge in [0.1, 0.15) is 10.8 Å². The van der Waals surface area contributed by atoms with Crippen LogP contribution in [0.4, 0.5) is 0 Å². The van der Waals surface area contributed by atoms with Crippen LogP contribution in [0.25, 0.3) is 0 Å². The zero-order valence-corrected chi connectivity index (χ0v) is 28.8. The molecule has 1 saturated heterocycles. The SMILES string of the molecule is COc1cc(C(=O)NC(Cc2ccccc2)C(O)CNCc2cccc(C(C)(C)C)c2)cc(C(=O)N2CCCC2c2nc(C)cs2)c1. The van der Waals surface area contributed by atoms with Crippen LogP contribution in [0, 0.1) is 6.92 Å². The molecule has 0 bridgehead atoms. The van der Waals surface area contributed by atoms with E-state index in [1.807, 2.05) is 47.5 Å². The minimum Gasteiger partial charge on any atom is -0.497 e. The number of aliphatic hydroxyl groups is 1. The molecule has 5 rings (SSSR count). The maximum atomic E-state index is 13.8. The van der Waals surface area contributed by atoms with Crippen LogP contribution in [-0.4, -0.2) is 59.1 Å². The molecule has 1 aliphatic heterocycles. The van der Waals surface area contributed by atoms with Crippen molar-refractivity contribution < 1.29 is 19.4 Å². The smallest absolute Gasteiger partial charge is 0.254 e. The molecule has 3 atom stereocenters. The fraction of sp³-hybridized carbons (Fsp3) is 0.395. The Morgan fingerprint density at radius 2 is 1.79 bits per heavy atom. The van der Waals surface area contributed by atoms with Crippen molar-refractivity contribution in [3.05, 3.63) is 117 Å². The van der Waals surface area contributed by atoms with Crippen molar-refractivity contribution in [2.75, 3.05) is 20.2 Å². The molecule has 2 heterocycles. The first-order chi connectivity index (χ1) is 22.5. The number of rotatable bonds is 12. The zero-order chi connectivity index (χ0) is 33.6. The van der Waals surface area contributed by atoms with E-state index in [1.54, 1.807) is 29.5 Å². The second-order valence-corrected chi connectivity index (χ2v) is 14.2. The maximum absolute atomic E-state index is 13.8. The van der Waals surface area contributed by atoms with Crippen LogP contribution in [0.1, 0.15) is 87.8 Å². The average Bonchev–Trinajstić information content (AvgIpc) is 3.73. The quantitative estimate of drug-likeness (QED) is 0.168. The number of nitrogens with one attached hydrogen (secondary N) is 2. The Morgan fingerprint density at radius 1 is 1.04 bits per heavy atom. The number of aliphatic hydroxyl groups excluding tert-OH is 1. The van der Waals surface area contributed by atoms with Crippen molar-refractivity contribution in [1.82, 2.24) is 20.5 Å². The number of methoxy groups -OCH3 is 1. The summed E-state index contributed by atoms with van der Waals surface area (Å²) in [7, 11) is 1.52. The van der Waals surface area contributed by atoms with Gasteiger partial charge in [0.15, 0.2) is 0 Å². The number of hydrogen-bond acceptors (Lipinski definition) is 7. The lowest BCUT2D eigenvalue weighted by Crippen LogP contribution is -2.48. The summed E-state index contributed by atoms with van der Waals surface area (Å²) in [6.45, 7) is 10.0. The van der Waals surface area contributed by atoms with Crippen molar-refractivity contribution in [2.24, 2.45) is 0 Å². The van der Waals surface area contributed by atoms with Crippen molar-refractivity contribution in [1.29, 1.82) is 0 Å². The standard InChI is InChI=1S/C38H46N4O4S/c1-25-24-47-36(40-25)33-15-10-16-42(33)37(45)29-19-28(20-31(21-29)46-5)35(44)41-32(18-26-11-7-6-8-12-26)34(43)23-39-22-27-13-9-14-30(17-27)38(2,3)4/h6-9,11-14,17,19-21,24,32-34,39,43H,10,15-16,18,22-23H2,1-5H3,(H,41,44). The van der Waals surface area contributed by atoms with Gasteiger partial charge in [-0.2, -0.15) is 0 Å². The lowest BCUT2D eigenvalue weighted by atomic mass is 9.86. The first-order valence-electron chi connectivity index (χ1n) is 16.3. The third kappa shape index (κ3) is 8.86. The van der Waals surface area contributed by atoms with E-state index >= 15 is 0 Å². The second-order valence-electron chi connectivity index (χ2n) is 13.4.